The van der Waals surface area contributed by atoms with Crippen molar-refractivity contribution in [3.05, 3.63) is 21.2 Å². The van der Waals surface area contributed by atoms with Gasteiger partial charge in [-0.1, -0.05) is 23.2 Å². The molecular formula is C14H18Cl2N2O2Si2. The quantitative estimate of drug-likeness (QED) is 0.684. The first-order chi connectivity index (χ1) is 9.91. The summed E-state index contributed by atoms with van der Waals surface area (Å²) in [4.78, 5) is 0. The van der Waals surface area contributed by atoms with Crippen LogP contribution < -0.4 is 8.85 Å². The number of benzene rings is 1. The van der Waals surface area contributed by atoms with Crippen LogP contribution >= 0.6 is 23.2 Å². The number of nitriles is 2. The van der Waals surface area contributed by atoms with Crippen LogP contribution in [-0.4, -0.2) is 16.6 Å². The molecule has 0 aromatic heterocycles. The highest BCUT2D eigenvalue weighted by molar-refractivity contribution is 6.71. The van der Waals surface area contributed by atoms with Crippen LogP contribution in [0.15, 0.2) is 0 Å². The van der Waals surface area contributed by atoms with Crippen molar-refractivity contribution in [1.29, 1.82) is 10.5 Å². The SMILES string of the molecule is C[Si](C)(C)Oc1c(Cl)c(Cl)c(O[Si](C)(C)C)c(C#N)c1C#N. The molecule has 0 saturated carbocycles. The Kier molecular flexibility index (Phi) is 5.58. The van der Waals surface area contributed by atoms with Gasteiger partial charge in [0.15, 0.2) is 0 Å². The molecule has 0 aliphatic rings. The van der Waals surface area contributed by atoms with Crippen LogP contribution in [0, 0.1) is 22.7 Å². The minimum atomic E-state index is -2.04. The van der Waals surface area contributed by atoms with E-state index in [9.17, 15) is 10.5 Å². The zero-order valence-electron chi connectivity index (χ0n) is 13.5. The molecule has 0 unspecified atom stereocenters. The van der Waals surface area contributed by atoms with Gasteiger partial charge in [-0.3, -0.25) is 0 Å². The van der Waals surface area contributed by atoms with Crippen molar-refractivity contribution in [1.82, 2.24) is 0 Å². The Morgan fingerprint density at radius 1 is 0.727 bits per heavy atom. The zero-order valence-corrected chi connectivity index (χ0v) is 17.0. The Bertz CT molecular complexity index is 622. The van der Waals surface area contributed by atoms with E-state index in [-0.39, 0.29) is 32.7 Å². The molecule has 0 atom stereocenters. The van der Waals surface area contributed by atoms with Gasteiger partial charge in [-0.15, -0.1) is 0 Å². The summed E-state index contributed by atoms with van der Waals surface area (Å²) in [5, 5.41) is 19.1. The molecule has 0 N–H and O–H groups in total. The summed E-state index contributed by atoms with van der Waals surface area (Å²) < 4.78 is 11.7. The highest BCUT2D eigenvalue weighted by Gasteiger charge is 2.30. The summed E-state index contributed by atoms with van der Waals surface area (Å²) in [7, 11) is -4.07. The Labute approximate surface area is 143 Å². The van der Waals surface area contributed by atoms with Gasteiger partial charge in [-0.05, 0) is 39.3 Å². The number of hydrogen-bond acceptors (Lipinski definition) is 4. The van der Waals surface area contributed by atoms with Gasteiger partial charge in [0.25, 0.3) is 0 Å². The maximum Gasteiger partial charge on any atom is 0.242 e. The Hall–Kier alpha value is -1.19. The van der Waals surface area contributed by atoms with Crippen molar-refractivity contribution in [2.24, 2.45) is 0 Å². The molecule has 0 bridgehead atoms. The number of halogens is 2. The van der Waals surface area contributed by atoms with Gasteiger partial charge in [0, 0.05) is 0 Å². The molecule has 0 heterocycles. The van der Waals surface area contributed by atoms with Gasteiger partial charge in [0.1, 0.15) is 44.8 Å². The molecule has 1 rings (SSSR count). The fraction of sp³-hybridized carbons (Fsp3) is 0.429. The lowest BCUT2D eigenvalue weighted by Gasteiger charge is -2.26. The van der Waals surface area contributed by atoms with Crippen LogP contribution in [0.1, 0.15) is 11.1 Å². The average Bonchev–Trinajstić information content (AvgIpc) is 2.35. The molecule has 0 fully saturated rings. The lowest BCUT2D eigenvalue weighted by Crippen LogP contribution is -2.31. The highest BCUT2D eigenvalue weighted by atomic mass is 35.5. The summed E-state index contributed by atoms with van der Waals surface area (Å²) >= 11 is 12.6. The minimum absolute atomic E-state index is 0.0765. The Morgan fingerprint density at radius 3 is 1.18 bits per heavy atom. The first kappa shape index (κ1) is 18.9. The van der Waals surface area contributed by atoms with Gasteiger partial charge in [-0.25, -0.2) is 0 Å². The van der Waals surface area contributed by atoms with Crippen molar-refractivity contribution in [2.75, 3.05) is 0 Å². The van der Waals surface area contributed by atoms with Crippen LogP contribution in [0.25, 0.3) is 0 Å². The standard InChI is InChI=1S/C14H18Cl2N2O2Si2/c1-21(2,3)19-13-9(7-17)10(8-18)14(12(16)11(13)15)20-22(4,5)6/h1-6H3. The van der Waals surface area contributed by atoms with E-state index in [0.717, 1.165) is 0 Å². The topological polar surface area (TPSA) is 66.0 Å². The summed E-state index contributed by atoms with van der Waals surface area (Å²) in [6.45, 7) is 11.7. The molecule has 1 aromatic rings. The van der Waals surface area contributed by atoms with E-state index in [1.165, 1.54) is 0 Å². The second kappa shape index (κ2) is 6.51. The second-order valence-electron chi connectivity index (χ2n) is 6.69. The van der Waals surface area contributed by atoms with Crippen molar-refractivity contribution < 1.29 is 8.85 Å². The first-order valence-electron chi connectivity index (χ1n) is 6.64. The van der Waals surface area contributed by atoms with E-state index in [0.29, 0.717) is 0 Å². The summed E-state index contributed by atoms with van der Waals surface area (Å²) in [5.74, 6) is 0.348. The van der Waals surface area contributed by atoms with Crippen LogP contribution in [0.4, 0.5) is 0 Å². The molecule has 0 aliphatic heterocycles. The van der Waals surface area contributed by atoms with Gasteiger partial charge in [0.05, 0.1) is 0 Å². The van der Waals surface area contributed by atoms with Crippen LogP contribution in [-0.2, 0) is 0 Å². The van der Waals surface area contributed by atoms with Crippen molar-refractivity contribution >= 4 is 39.8 Å². The molecule has 22 heavy (non-hydrogen) atoms. The lowest BCUT2D eigenvalue weighted by molar-refractivity contribution is 0.539. The largest absolute Gasteiger partial charge is 0.542 e. The third-order valence-electron chi connectivity index (χ3n) is 2.34. The van der Waals surface area contributed by atoms with Crippen LogP contribution in [0.3, 0.4) is 0 Å². The Balaban J connectivity index is 3.71. The van der Waals surface area contributed by atoms with E-state index in [4.69, 9.17) is 32.1 Å². The highest BCUT2D eigenvalue weighted by Crippen LogP contribution is 2.46. The second-order valence-corrected chi connectivity index (χ2v) is 16.3. The Morgan fingerprint density at radius 2 is 1.00 bits per heavy atom. The fourth-order valence-electron chi connectivity index (χ4n) is 1.66. The third kappa shape index (κ3) is 4.41. The molecule has 1 aromatic carbocycles. The predicted octanol–water partition coefficient (Wildman–Crippen LogP) is 5.16. The van der Waals surface area contributed by atoms with Crippen molar-refractivity contribution in [3.8, 4) is 23.6 Å². The van der Waals surface area contributed by atoms with Crippen molar-refractivity contribution in [2.45, 2.75) is 39.3 Å². The fourth-order valence-corrected chi connectivity index (χ4v) is 3.86. The molecule has 0 saturated heterocycles. The zero-order chi connectivity index (χ0) is 17.3. The summed E-state index contributed by atoms with van der Waals surface area (Å²) in [5.41, 5.74) is 0.153. The van der Waals surface area contributed by atoms with Crippen LogP contribution in [0.2, 0.25) is 49.3 Å². The van der Waals surface area contributed by atoms with Gasteiger partial charge in [-0.2, -0.15) is 10.5 Å². The molecule has 0 spiro atoms. The van der Waals surface area contributed by atoms with Crippen molar-refractivity contribution in [3.63, 3.8) is 0 Å². The molecule has 0 aliphatic carbocycles. The molecule has 8 heteroatoms. The molecular weight excluding hydrogens is 355 g/mol. The minimum Gasteiger partial charge on any atom is -0.542 e. The van der Waals surface area contributed by atoms with E-state index < -0.39 is 16.6 Å². The molecule has 4 nitrogen and oxygen atoms in total. The number of rotatable bonds is 4. The predicted molar refractivity (Wildman–Crippen MR) is 93.8 cm³/mol. The lowest BCUT2D eigenvalue weighted by atomic mass is 10.1. The molecule has 118 valence electrons. The third-order valence-corrected chi connectivity index (χ3v) is 4.79. The summed E-state index contributed by atoms with van der Waals surface area (Å²) in [6, 6.07) is 4.00. The smallest absolute Gasteiger partial charge is 0.242 e. The number of hydrogen-bond donors (Lipinski definition) is 0. The van der Waals surface area contributed by atoms with Gasteiger partial charge in [0.2, 0.25) is 16.6 Å². The van der Waals surface area contributed by atoms with E-state index >= 15 is 0 Å². The van der Waals surface area contributed by atoms with Crippen LogP contribution in [0.5, 0.6) is 11.5 Å². The van der Waals surface area contributed by atoms with Gasteiger partial charge < -0.3 is 8.85 Å². The summed E-state index contributed by atoms with van der Waals surface area (Å²) in [6.07, 6.45) is 0. The maximum absolute atomic E-state index is 9.45. The van der Waals surface area contributed by atoms with E-state index in [1.807, 2.05) is 51.4 Å². The van der Waals surface area contributed by atoms with E-state index in [2.05, 4.69) is 0 Å². The normalized spacial score (nSPS) is 11.5. The average molecular weight is 373 g/mol. The first-order valence-corrected chi connectivity index (χ1v) is 14.2. The number of nitrogens with zero attached hydrogens (tertiary/aromatic N) is 2. The van der Waals surface area contributed by atoms with E-state index in [1.54, 1.807) is 0 Å². The molecule has 0 amide bonds. The maximum atomic E-state index is 9.45. The molecule has 0 radical (unpaired) electrons. The van der Waals surface area contributed by atoms with Gasteiger partial charge >= 0.3 is 0 Å². The monoisotopic (exact) mass is 372 g/mol.